The zero-order valence-electron chi connectivity index (χ0n) is 9.54. The van der Waals surface area contributed by atoms with Crippen molar-refractivity contribution in [3.63, 3.8) is 0 Å². The molecule has 2 N–H and O–H groups in total. The molecule has 1 unspecified atom stereocenters. The van der Waals surface area contributed by atoms with Gasteiger partial charge in [0.05, 0.1) is 11.6 Å². The van der Waals surface area contributed by atoms with E-state index in [0.717, 1.165) is 6.42 Å². The van der Waals surface area contributed by atoms with Gasteiger partial charge < -0.3 is 10.5 Å². The molecule has 16 heavy (non-hydrogen) atoms. The van der Waals surface area contributed by atoms with Crippen molar-refractivity contribution in [2.45, 2.75) is 26.3 Å². The molecule has 2 nitrogen and oxygen atoms in total. The number of ether oxygens (including phenoxy) is 1. The lowest BCUT2D eigenvalue weighted by Crippen LogP contribution is -2.28. The molecule has 0 aliphatic heterocycles. The summed E-state index contributed by atoms with van der Waals surface area (Å²) in [4.78, 5) is 0. The molecule has 0 radical (unpaired) electrons. The molecule has 90 valence electrons. The summed E-state index contributed by atoms with van der Waals surface area (Å²) in [5.41, 5.74) is 5.91. The third-order valence-electron chi connectivity index (χ3n) is 2.46. The van der Waals surface area contributed by atoms with Gasteiger partial charge in [0, 0.05) is 17.1 Å². The normalized spacial score (nSPS) is 12.9. The van der Waals surface area contributed by atoms with Gasteiger partial charge >= 0.3 is 0 Å². The zero-order valence-corrected chi connectivity index (χ0v) is 11.1. The van der Waals surface area contributed by atoms with E-state index in [1.165, 1.54) is 0 Å². The van der Waals surface area contributed by atoms with Crippen LogP contribution in [0.15, 0.2) is 18.2 Å². The predicted molar refractivity (Wildman–Crippen MR) is 69.4 cm³/mol. The molecule has 0 bridgehead atoms. The van der Waals surface area contributed by atoms with E-state index < -0.39 is 0 Å². The number of rotatable bonds is 5. The second-order valence-electron chi connectivity index (χ2n) is 4.12. The largest absolute Gasteiger partial charge is 0.492 e. The topological polar surface area (TPSA) is 35.2 Å². The van der Waals surface area contributed by atoms with E-state index >= 15 is 0 Å². The van der Waals surface area contributed by atoms with Gasteiger partial charge in [0.2, 0.25) is 0 Å². The first-order chi connectivity index (χ1) is 7.50. The van der Waals surface area contributed by atoms with Crippen LogP contribution in [0.25, 0.3) is 0 Å². The second-order valence-corrected chi connectivity index (χ2v) is 4.96. The zero-order chi connectivity index (χ0) is 12.1. The number of hydrogen-bond donors (Lipinski definition) is 1. The van der Waals surface area contributed by atoms with Crippen molar-refractivity contribution in [2.24, 2.45) is 11.7 Å². The van der Waals surface area contributed by atoms with Crippen molar-refractivity contribution in [1.29, 1.82) is 0 Å². The first-order valence-corrected chi connectivity index (χ1v) is 6.09. The van der Waals surface area contributed by atoms with Gasteiger partial charge in [-0.15, -0.1) is 0 Å². The molecular formula is C12H17Cl2NO. The highest BCUT2D eigenvalue weighted by Gasteiger charge is 2.08. The van der Waals surface area contributed by atoms with Gasteiger partial charge in [-0.05, 0) is 24.5 Å². The molecule has 0 spiro atoms. The molecule has 1 atom stereocenters. The minimum absolute atomic E-state index is 0.151. The summed E-state index contributed by atoms with van der Waals surface area (Å²) < 4.78 is 5.54. The quantitative estimate of drug-likeness (QED) is 0.877. The molecule has 0 heterocycles. The molecule has 0 aliphatic carbocycles. The van der Waals surface area contributed by atoms with Crippen LogP contribution in [0.3, 0.4) is 0 Å². The van der Waals surface area contributed by atoms with Crippen LogP contribution in [0, 0.1) is 5.92 Å². The Hall–Kier alpha value is -0.440. The van der Waals surface area contributed by atoms with Crippen LogP contribution in [-0.4, -0.2) is 12.6 Å². The first kappa shape index (κ1) is 13.6. The Kier molecular flexibility index (Phi) is 5.39. The van der Waals surface area contributed by atoms with Crippen molar-refractivity contribution in [2.75, 3.05) is 6.61 Å². The summed E-state index contributed by atoms with van der Waals surface area (Å²) in [6, 6.07) is 5.32. The van der Waals surface area contributed by atoms with Crippen molar-refractivity contribution >= 4 is 23.2 Å². The maximum absolute atomic E-state index is 5.96. The van der Waals surface area contributed by atoms with Crippen LogP contribution in [0.1, 0.15) is 20.3 Å². The van der Waals surface area contributed by atoms with E-state index in [9.17, 15) is 0 Å². The Morgan fingerprint density at radius 2 is 2.00 bits per heavy atom. The first-order valence-electron chi connectivity index (χ1n) is 5.34. The molecule has 0 aromatic heterocycles. The van der Waals surface area contributed by atoms with Gasteiger partial charge in [0.1, 0.15) is 5.75 Å². The average molecular weight is 262 g/mol. The maximum Gasteiger partial charge on any atom is 0.139 e. The molecule has 1 aromatic carbocycles. The Bertz CT molecular complexity index is 342. The Labute approximate surface area is 107 Å². The van der Waals surface area contributed by atoms with Crippen molar-refractivity contribution in [3.05, 3.63) is 28.2 Å². The predicted octanol–water partition coefficient (Wildman–Crippen LogP) is 3.75. The molecule has 0 fully saturated rings. The van der Waals surface area contributed by atoms with Gasteiger partial charge in [-0.2, -0.15) is 0 Å². The van der Waals surface area contributed by atoms with Gasteiger partial charge in [-0.25, -0.2) is 0 Å². The molecular weight excluding hydrogens is 245 g/mol. The van der Waals surface area contributed by atoms with E-state index in [1.54, 1.807) is 18.2 Å². The summed E-state index contributed by atoms with van der Waals surface area (Å²) in [6.45, 7) is 4.74. The highest BCUT2D eigenvalue weighted by molar-refractivity contribution is 6.34. The lowest BCUT2D eigenvalue weighted by Gasteiger charge is -2.16. The minimum Gasteiger partial charge on any atom is -0.492 e. The molecule has 0 saturated carbocycles. The van der Waals surface area contributed by atoms with Gasteiger partial charge in [-0.1, -0.05) is 37.0 Å². The van der Waals surface area contributed by atoms with Crippen LogP contribution >= 0.6 is 23.2 Å². The van der Waals surface area contributed by atoms with Crippen molar-refractivity contribution in [3.8, 4) is 5.75 Å². The van der Waals surface area contributed by atoms with Crippen LogP contribution < -0.4 is 10.5 Å². The average Bonchev–Trinajstić information content (AvgIpc) is 2.22. The lowest BCUT2D eigenvalue weighted by atomic mass is 10.0. The summed E-state index contributed by atoms with van der Waals surface area (Å²) >= 11 is 11.8. The number of benzene rings is 1. The fourth-order valence-corrected chi connectivity index (χ4v) is 1.56. The van der Waals surface area contributed by atoms with E-state index in [1.807, 2.05) is 0 Å². The molecule has 0 saturated heterocycles. The third-order valence-corrected chi connectivity index (χ3v) is 3.01. The third kappa shape index (κ3) is 4.20. The van der Waals surface area contributed by atoms with E-state index in [0.29, 0.717) is 28.3 Å². The highest BCUT2D eigenvalue weighted by Crippen LogP contribution is 2.27. The Morgan fingerprint density at radius 3 is 2.62 bits per heavy atom. The van der Waals surface area contributed by atoms with Crippen LogP contribution in [0.5, 0.6) is 5.75 Å². The number of nitrogens with two attached hydrogens (primary N) is 1. The second kappa shape index (κ2) is 6.33. The monoisotopic (exact) mass is 261 g/mol. The molecule has 0 aliphatic rings. The lowest BCUT2D eigenvalue weighted by molar-refractivity contribution is 0.282. The van der Waals surface area contributed by atoms with Crippen LogP contribution in [-0.2, 0) is 0 Å². The van der Waals surface area contributed by atoms with Crippen molar-refractivity contribution < 1.29 is 4.74 Å². The van der Waals surface area contributed by atoms with Crippen molar-refractivity contribution in [1.82, 2.24) is 0 Å². The number of hydrogen-bond acceptors (Lipinski definition) is 2. The van der Waals surface area contributed by atoms with E-state index in [-0.39, 0.29) is 6.04 Å². The van der Waals surface area contributed by atoms with Crippen LogP contribution in [0.4, 0.5) is 0 Å². The van der Waals surface area contributed by atoms with E-state index in [4.69, 9.17) is 33.7 Å². The fraction of sp³-hybridized carbons (Fsp3) is 0.500. The van der Waals surface area contributed by atoms with E-state index in [2.05, 4.69) is 13.8 Å². The van der Waals surface area contributed by atoms with Gasteiger partial charge in [-0.3, -0.25) is 0 Å². The molecule has 1 aromatic rings. The highest BCUT2D eigenvalue weighted by atomic mass is 35.5. The molecule has 1 rings (SSSR count). The summed E-state index contributed by atoms with van der Waals surface area (Å²) in [7, 11) is 0. The summed E-state index contributed by atoms with van der Waals surface area (Å²) in [5, 5.41) is 1.19. The Morgan fingerprint density at radius 1 is 1.31 bits per heavy atom. The smallest absolute Gasteiger partial charge is 0.139 e. The molecule has 0 amide bonds. The minimum atomic E-state index is 0.151. The SMILES string of the molecule is CC(C)C(N)CCOc1cc(Cl)ccc1Cl. The maximum atomic E-state index is 5.96. The van der Waals surface area contributed by atoms with Gasteiger partial charge in [0.15, 0.2) is 0 Å². The summed E-state index contributed by atoms with van der Waals surface area (Å²) in [5.74, 6) is 1.07. The number of halogens is 2. The fourth-order valence-electron chi connectivity index (χ4n) is 1.23. The summed E-state index contributed by atoms with van der Waals surface area (Å²) in [6.07, 6.45) is 0.806. The standard InChI is InChI=1S/C12H17Cl2NO/c1-8(2)11(15)5-6-16-12-7-9(13)3-4-10(12)14/h3-4,7-8,11H,5-6,15H2,1-2H3. The van der Waals surface area contributed by atoms with Crippen LogP contribution in [0.2, 0.25) is 10.0 Å². The molecule has 4 heteroatoms. The Balaban J connectivity index is 2.45. The van der Waals surface area contributed by atoms with Gasteiger partial charge in [0.25, 0.3) is 0 Å².